The Labute approximate surface area is 83.4 Å². The maximum absolute atomic E-state index is 11.4. The van der Waals surface area contributed by atoms with Crippen molar-refractivity contribution in [2.45, 2.75) is 19.9 Å². The van der Waals surface area contributed by atoms with E-state index in [2.05, 4.69) is 6.58 Å². The van der Waals surface area contributed by atoms with Crippen molar-refractivity contribution in [2.75, 3.05) is 6.61 Å². The molecule has 0 bridgehead atoms. The summed E-state index contributed by atoms with van der Waals surface area (Å²) in [6, 6.07) is -0.295. The number of esters is 1. The monoisotopic (exact) mass is 195 g/mol. The van der Waals surface area contributed by atoms with Gasteiger partial charge in [-0.3, -0.25) is 0 Å². The molecule has 14 heavy (non-hydrogen) atoms. The van der Waals surface area contributed by atoms with Crippen molar-refractivity contribution in [2.24, 2.45) is 0 Å². The summed E-state index contributed by atoms with van der Waals surface area (Å²) in [6.07, 6.45) is 7.08. The number of nitrogens with zero attached hydrogens (tertiary/aromatic N) is 2. The fourth-order valence-electron chi connectivity index (χ4n) is 1.11. The Morgan fingerprint density at radius 1 is 1.79 bits per heavy atom. The van der Waals surface area contributed by atoms with Gasteiger partial charge in [0.05, 0.1) is 12.8 Å². The highest BCUT2D eigenvalue weighted by atomic mass is 16.5. The molecule has 0 fully saturated rings. The molecule has 0 saturated heterocycles. The van der Waals surface area contributed by atoms with Crippen LogP contribution in [0.4, 0.5) is 0 Å². The highest BCUT2D eigenvalue weighted by Gasteiger charge is 2.20. The minimum atomic E-state index is -0.295. The maximum atomic E-state index is 11.4. The maximum Gasteiger partial charge on any atom is 0.351 e. The summed E-state index contributed by atoms with van der Waals surface area (Å²) < 4.78 is 8.46. The third-order valence-corrected chi connectivity index (χ3v) is 1.96. The lowest BCUT2D eigenvalue weighted by Crippen LogP contribution is -2.41. The van der Waals surface area contributed by atoms with Gasteiger partial charge in [0, 0.05) is 0 Å². The van der Waals surface area contributed by atoms with E-state index in [1.54, 1.807) is 35.5 Å². The van der Waals surface area contributed by atoms with E-state index in [-0.39, 0.29) is 12.0 Å². The molecular weight excluding hydrogens is 180 g/mol. The molecule has 1 aromatic rings. The Morgan fingerprint density at radius 2 is 2.50 bits per heavy atom. The highest BCUT2D eigenvalue weighted by Crippen LogP contribution is 1.98. The number of hydrogen-bond donors (Lipinski definition) is 0. The normalized spacial score (nSPS) is 12.1. The van der Waals surface area contributed by atoms with E-state index < -0.39 is 0 Å². The van der Waals surface area contributed by atoms with Crippen molar-refractivity contribution < 1.29 is 14.1 Å². The van der Waals surface area contributed by atoms with Gasteiger partial charge in [-0.1, -0.05) is 6.58 Å². The van der Waals surface area contributed by atoms with Crippen LogP contribution in [0.3, 0.4) is 0 Å². The molecule has 0 N–H and O–H groups in total. The second-order valence-electron chi connectivity index (χ2n) is 2.92. The van der Waals surface area contributed by atoms with E-state index in [1.165, 1.54) is 0 Å². The lowest BCUT2D eigenvalue weighted by molar-refractivity contribution is -0.706. The van der Waals surface area contributed by atoms with E-state index in [1.807, 2.05) is 12.4 Å². The minimum absolute atomic E-state index is 0.223. The van der Waals surface area contributed by atoms with Crippen molar-refractivity contribution in [3.63, 3.8) is 0 Å². The van der Waals surface area contributed by atoms with Gasteiger partial charge in [0.25, 0.3) is 0 Å². The molecule has 1 rings (SSSR count). The Hall–Kier alpha value is -1.58. The average Bonchev–Trinajstić information content (AvgIpc) is 2.65. The number of imidazole rings is 1. The van der Waals surface area contributed by atoms with Gasteiger partial charge in [0.15, 0.2) is 6.04 Å². The van der Waals surface area contributed by atoms with Crippen molar-refractivity contribution in [1.29, 1.82) is 0 Å². The molecule has 0 amide bonds. The van der Waals surface area contributed by atoms with Gasteiger partial charge in [-0.2, -0.15) is 0 Å². The van der Waals surface area contributed by atoms with Crippen LogP contribution in [0, 0.1) is 0 Å². The number of aromatic nitrogens is 2. The zero-order chi connectivity index (χ0) is 10.6. The van der Waals surface area contributed by atoms with Gasteiger partial charge in [-0.25, -0.2) is 13.9 Å². The first-order valence-electron chi connectivity index (χ1n) is 4.56. The van der Waals surface area contributed by atoms with Crippen molar-refractivity contribution in [3.8, 4) is 0 Å². The molecule has 0 aliphatic heterocycles. The number of hydrogen-bond acceptors (Lipinski definition) is 2. The zero-order valence-corrected chi connectivity index (χ0v) is 8.51. The molecule has 1 atom stereocenters. The van der Waals surface area contributed by atoms with Crippen LogP contribution >= 0.6 is 0 Å². The third-order valence-electron chi connectivity index (χ3n) is 1.96. The predicted octanol–water partition coefficient (Wildman–Crippen LogP) is 1.00. The van der Waals surface area contributed by atoms with Gasteiger partial charge in [-0.05, 0) is 13.8 Å². The predicted molar refractivity (Wildman–Crippen MR) is 52.4 cm³/mol. The first-order valence-corrected chi connectivity index (χ1v) is 4.56. The Bertz CT molecular complexity index is 331. The fourth-order valence-corrected chi connectivity index (χ4v) is 1.11. The van der Waals surface area contributed by atoms with E-state index in [0.717, 1.165) is 0 Å². The van der Waals surface area contributed by atoms with Gasteiger partial charge in [-0.15, -0.1) is 0 Å². The van der Waals surface area contributed by atoms with Crippen molar-refractivity contribution in [3.05, 3.63) is 25.3 Å². The Balaban J connectivity index is 2.73. The molecule has 0 radical (unpaired) electrons. The van der Waals surface area contributed by atoms with Crippen LogP contribution in [0.1, 0.15) is 19.9 Å². The molecule has 4 heteroatoms. The number of ether oxygens (including phenoxy) is 1. The van der Waals surface area contributed by atoms with Gasteiger partial charge in [0.2, 0.25) is 6.33 Å². The van der Waals surface area contributed by atoms with Gasteiger partial charge >= 0.3 is 5.97 Å². The fraction of sp³-hybridized carbons (Fsp3) is 0.400. The molecule has 1 heterocycles. The van der Waals surface area contributed by atoms with Crippen LogP contribution in [0.25, 0.3) is 6.20 Å². The van der Waals surface area contributed by atoms with E-state index in [4.69, 9.17) is 4.74 Å². The summed E-state index contributed by atoms with van der Waals surface area (Å²) in [4.78, 5) is 11.4. The van der Waals surface area contributed by atoms with E-state index in [9.17, 15) is 4.79 Å². The first-order chi connectivity index (χ1) is 6.69. The molecule has 76 valence electrons. The second-order valence-corrected chi connectivity index (χ2v) is 2.92. The van der Waals surface area contributed by atoms with E-state index >= 15 is 0 Å². The molecule has 4 nitrogen and oxygen atoms in total. The zero-order valence-electron chi connectivity index (χ0n) is 8.51. The molecular formula is C10H15N2O2+. The SMILES string of the molecule is C=Cn1cc[n+](C(C)C(=O)OCC)c1. The summed E-state index contributed by atoms with van der Waals surface area (Å²) >= 11 is 0. The summed E-state index contributed by atoms with van der Waals surface area (Å²) in [5, 5.41) is 0. The largest absolute Gasteiger partial charge is 0.463 e. The molecule has 0 aromatic carbocycles. The lowest BCUT2D eigenvalue weighted by Gasteiger charge is -2.06. The van der Waals surface area contributed by atoms with Gasteiger partial charge in [0.1, 0.15) is 12.4 Å². The van der Waals surface area contributed by atoms with Gasteiger partial charge < -0.3 is 4.74 Å². The number of rotatable bonds is 4. The summed E-state index contributed by atoms with van der Waals surface area (Å²) in [7, 11) is 0. The molecule has 0 spiro atoms. The molecule has 1 aromatic heterocycles. The van der Waals surface area contributed by atoms with Crippen LogP contribution in [-0.4, -0.2) is 17.1 Å². The Morgan fingerprint density at radius 3 is 3.00 bits per heavy atom. The smallest absolute Gasteiger partial charge is 0.351 e. The molecule has 1 unspecified atom stereocenters. The lowest BCUT2D eigenvalue weighted by atomic mass is 10.3. The van der Waals surface area contributed by atoms with Crippen LogP contribution in [0.15, 0.2) is 25.3 Å². The molecule has 0 aliphatic carbocycles. The summed E-state index contributed by atoms with van der Waals surface area (Å²) in [5.41, 5.74) is 0. The first kappa shape index (κ1) is 10.5. The van der Waals surface area contributed by atoms with Crippen molar-refractivity contribution >= 4 is 12.2 Å². The topological polar surface area (TPSA) is 35.1 Å². The summed E-state index contributed by atoms with van der Waals surface area (Å²) in [5.74, 6) is -0.223. The number of carbonyl (C=O) groups excluding carboxylic acids is 1. The van der Waals surface area contributed by atoms with Crippen molar-refractivity contribution in [1.82, 2.24) is 4.57 Å². The molecule has 0 aliphatic rings. The number of carbonyl (C=O) groups is 1. The molecule has 0 saturated carbocycles. The van der Waals surface area contributed by atoms with Crippen LogP contribution in [0.2, 0.25) is 0 Å². The van der Waals surface area contributed by atoms with Crippen LogP contribution < -0.4 is 4.57 Å². The second kappa shape index (κ2) is 4.60. The standard InChI is InChI=1S/C10H15N2O2/c1-4-11-6-7-12(8-11)9(3)10(13)14-5-2/h4,6-9H,1,5H2,2-3H3/q+1. The average molecular weight is 195 g/mol. The highest BCUT2D eigenvalue weighted by molar-refractivity contribution is 5.71. The third kappa shape index (κ3) is 2.22. The summed E-state index contributed by atoms with van der Waals surface area (Å²) in [6.45, 7) is 7.62. The Kier molecular flexibility index (Phi) is 3.45. The van der Waals surface area contributed by atoms with E-state index in [0.29, 0.717) is 6.61 Å². The van der Waals surface area contributed by atoms with Crippen LogP contribution in [-0.2, 0) is 9.53 Å². The minimum Gasteiger partial charge on any atom is -0.463 e. The van der Waals surface area contributed by atoms with Crippen LogP contribution in [0.5, 0.6) is 0 Å². The quantitative estimate of drug-likeness (QED) is 0.530.